The third-order valence-electron chi connectivity index (χ3n) is 3.42. The van der Waals surface area contributed by atoms with Crippen LogP contribution in [0.1, 0.15) is 34.2 Å². The summed E-state index contributed by atoms with van der Waals surface area (Å²) in [6.45, 7) is 4.34. The summed E-state index contributed by atoms with van der Waals surface area (Å²) in [6, 6.07) is 13.4. The highest BCUT2D eigenvalue weighted by atomic mass is 32.1. The summed E-state index contributed by atoms with van der Waals surface area (Å²) in [5.74, 6) is 0. The minimum absolute atomic E-state index is 0.267. The summed E-state index contributed by atoms with van der Waals surface area (Å²) in [5.41, 5.74) is 8.98. The van der Waals surface area contributed by atoms with E-state index in [1.807, 2.05) is 11.3 Å². The molecule has 2 rings (SSSR count). The van der Waals surface area contributed by atoms with Crippen LogP contribution in [0.15, 0.2) is 36.4 Å². The van der Waals surface area contributed by atoms with Gasteiger partial charge in [-0.15, -0.1) is 11.3 Å². The number of hydrogen-bond acceptors (Lipinski definition) is 2. The normalized spacial score (nSPS) is 12.6. The van der Waals surface area contributed by atoms with Gasteiger partial charge in [-0.25, -0.2) is 0 Å². The Labute approximate surface area is 120 Å². The number of rotatable bonds is 6. The minimum atomic E-state index is 0.267. The van der Waals surface area contributed by atoms with Gasteiger partial charge >= 0.3 is 0 Å². The van der Waals surface area contributed by atoms with Crippen LogP contribution in [-0.2, 0) is 19.3 Å². The van der Waals surface area contributed by atoms with E-state index in [1.165, 1.54) is 20.9 Å². The van der Waals surface area contributed by atoms with Crippen molar-refractivity contribution in [2.24, 2.45) is 5.73 Å². The molecule has 1 atom stereocenters. The van der Waals surface area contributed by atoms with Crippen molar-refractivity contribution in [3.63, 3.8) is 0 Å². The molecule has 2 aromatic rings. The highest BCUT2D eigenvalue weighted by Crippen LogP contribution is 2.19. The van der Waals surface area contributed by atoms with Crippen molar-refractivity contribution >= 4 is 11.3 Å². The average molecular weight is 273 g/mol. The fourth-order valence-corrected chi connectivity index (χ4v) is 3.35. The summed E-state index contributed by atoms with van der Waals surface area (Å²) in [6.07, 6.45) is 4.28. The van der Waals surface area contributed by atoms with Crippen LogP contribution < -0.4 is 5.73 Å². The Balaban J connectivity index is 1.82. The molecule has 0 aliphatic heterocycles. The molecule has 0 aliphatic rings. The SMILES string of the molecule is CCc1ccc(CC(N)CCc2cccc(C)c2)s1. The molecule has 1 unspecified atom stereocenters. The van der Waals surface area contributed by atoms with E-state index >= 15 is 0 Å². The molecule has 19 heavy (non-hydrogen) atoms. The van der Waals surface area contributed by atoms with Gasteiger partial charge in [0.25, 0.3) is 0 Å². The van der Waals surface area contributed by atoms with E-state index in [0.717, 1.165) is 25.7 Å². The number of nitrogens with two attached hydrogens (primary N) is 1. The lowest BCUT2D eigenvalue weighted by Gasteiger charge is -2.10. The summed E-state index contributed by atoms with van der Waals surface area (Å²) in [4.78, 5) is 2.88. The number of benzene rings is 1. The van der Waals surface area contributed by atoms with E-state index in [0.29, 0.717) is 0 Å². The molecule has 1 aromatic carbocycles. The zero-order valence-corrected chi connectivity index (χ0v) is 12.7. The maximum atomic E-state index is 6.25. The molecule has 1 nitrogen and oxygen atoms in total. The first kappa shape index (κ1) is 14.3. The van der Waals surface area contributed by atoms with Crippen LogP contribution in [0.5, 0.6) is 0 Å². The highest BCUT2D eigenvalue weighted by molar-refractivity contribution is 7.11. The van der Waals surface area contributed by atoms with Crippen molar-refractivity contribution in [1.82, 2.24) is 0 Å². The molecule has 2 N–H and O–H groups in total. The maximum absolute atomic E-state index is 6.25. The topological polar surface area (TPSA) is 26.0 Å². The fraction of sp³-hybridized carbons (Fsp3) is 0.412. The average Bonchev–Trinajstić information content (AvgIpc) is 2.84. The monoisotopic (exact) mass is 273 g/mol. The van der Waals surface area contributed by atoms with Gasteiger partial charge in [0.15, 0.2) is 0 Å². The van der Waals surface area contributed by atoms with Crippen molar-refractivity contribution in [3.8, 4) is 0 Å². The Morgan fingerprint density at radius 3 is 2.63 bits per heavy atom. The van der Waals surface area contributed by atoms with Crippen molar-refractivity contribution in [2.75, 3.05) is 0 Å². The third kappa shape index (κ3) is 4.48. The predicted molar refractivity (Wildman–Crippen MR) is 84.9 cm³/mol. The van der Waals surface area contributed by atoms with E-state index in [4.69, 9.17) is 5.73 Å². The summed E-state index contributed by atoms with van der Waals surface area (Å²) >= 11 is 1.91. The molecule has 0 amide bonds. The van der Waals surface area contributed by atoms with Gasteiger partial charge in [-0.2, -0.15) is 0 Å². The zero-order chi connectivity index (χ0) is 13.7. The first-order chi connectivity index (χ1) is 9.17. The van der Waals surface area contributed by atoms with E-state index < -0.39 is 0 Å². The Kier molecular flexibility index (Phi) is 5.17. The highest BCUT2D eigenvalue weighted by Gasteiger charge is 2.07. The fourth-order valence-electron chi connectivity index (χ4n) is 2.30. The van der Waals surface area contributed by atoms with Crippen LogP contribution in [0.3, 0.4) is 0 Å². The van der Waals surface area contributed by atoms with Crippen LogP contribution in [-0.4, -0.2) is 6.04 Å². The first-order valence-corrected chi connectivity index (χ1v) is 7.87. The minimum Gasteiger partial charge on any atom is -0.327 e. The lowest BCUT2D eigenvalue weighted by Crippen LogP contribution is -2.23. The molecule has 0 saturated carbocycles. The van der Waals surface area contributed by atoms with Gasteiger partial charge in [0.05, 0.1) is 0 Å². The molecular formula is C17H23NS. The quantitative estimate of drug-likeness (QED) is 0.841. The molecule has 0 radical (unpaired) electrons. The Hall–Kier alpha value is -1.12. The lowest BCUT2D eigenvalue weighted by atomic mass is 10.0. The van der Waals surface area contributed by atoms with Crippen molar-refractivity contribution < 1.29 is 0 Å². The van der Waals surface area contributed by atoms with Gasteiger partial charge in [0.1, 0.15) is 0 Å². The van der Waals surface area contributed by atoms with Crippen LogP contribution in [0.25, 0.3) is 0 Å². The predicted octanol–water partition coefficient (Wildman–Crippen LogP) is 4.12. The summed E-state index contributed by atoms with van der Waals surface area (Å²) < 4.78 is 0. The van der Waals surface area contributed by atoms with E-state index in [-0.39, 0.29) is 6.04 Å². The van der Waals surface area contributed by atoms with Gasteiger partial charge in [0.2, 0.25) is 0 Å². The number of thiophene rings is 1. The van der Waals surface area contributed by atoms with E-state index in [9.17, 15) is 0 Å². The lowest BCUT2D eigenvalue weighted by molar-refractivity contribution is 0.614. The standard InChI is InChI=1S/C17H23NS/c1-3-16-9-10-17(19-16)12-15(18)8-7-14-6-4-5-13(2)11-14/h4-6,9-11,15H,3,7-8,12,18H2,1-2H3. The molecule has 2 heteroatoms. The number of hydrogen-bond donors (Lipinski definition) is 1. The second-order valence-corrected chi connectivity index (χ2v) is 6.47. The second kappa shape index (κ2) is 6.88. The molecule has 1 aromatic heterocycles. The Morgan fingerprint density at radius 1 is 1.16 bits per heavy atom. The molecule has 0 fully saturated rings. The first-order valence-electron chi connectivity index (χ1n) is 7.06. The van der Waals surface area contributed by atoms with Gasteiger partial charge in [-0.05, 0) is 50.3 Å². The Bertz CT molecular complexity index is 515. The molecule has 0 spiro atoms. The summed E-state index contributed by atoms with van der Waals surface area (Å²) in [5, 5.41) is 0. The molecule has 1 heterocycles. The van der Waals surface area contributed by atoms with E-state index in [2.05, 4.69) is 50.2 Å². The van der Waals surface area contributed by atoms with Crippen molar-refractivity contribution in [2.45, 2.75) is 45.6 Å². The van der Waals surface area contributed by atoms with Crippen LogP contribution >= 0.6 is 11.3 Å². The molecule has 102 valence electrons. The van der Waals surface area contributed by atoms with Crippen LogP contribution in [0.4, 0.5) is 0 Å². The smallest absolute Gasteiger partial charge is 0.00903 e. The Morgan fingerprint density at radius 2 is 1.95 bits per heavy atom. The van der Waals surface area contributed by atoms with E-state index in [1.54, 1.807) is 0 Å². The third-order valence-corrected chi connectivity index (χ3v) is 4.67. The van der Waals surface area contributed by atoms with Crippen molar-refractivity contribution in [1.29, 1.82) is 0 Å². The number of aryl methyl sites for hydroxylation is 3. The van der Waals surface area contributed by atoms with Gasteiger partial charge < -0.3 is 5.73 Å². The molecule has 0 aliphatic carbocycles. The second-order valence-electron chi connectivity index (χ2n) is 5.21. The van der Waals surface area contributed by atoms with Crippen molar-refractivity contribution in [3.05, 3.63) is 57.3 Å². The van der Waals surface area contributed by atoms with Gasteiger partial charge in [-0.3, -0.25) is 0 Å². The molecule has 0 bridgehead atoms. The van der Waals surface area contributed by atoms with Gasteiger partial charge in [0, 0.05) is 15.8 Å². The summed E-state index contributed by atoms with van der Waals surface area (Å²) in [7, 11) is 0. The van der Waals surface area contributed by atoms with Crippen LogP contribution in [0.2, 0.25) is 0 Å². The molecular weight excluding hydrogens is 250 g/mol. The maximum Gasteiger partial charge on any atom is 0.00903 e. The largest absolute Gasteiger partial charge is 0.327 e. The molecule has 0 saturated heterocycles. The van der Waals surface area contributed by atoms with Crippen LogP contribution in [0, 0.1) is 6.92 Å². The zero-order valence-electron chi connectivity index (χ0n) is 11.9. The van der Waals surface area contributed by atoms with Gasteiger partial charge in [-0.1, -0.05) is 36.8 Å².